The zero-order valence-corrected chi connectivity index (χ0v) is 12.7. The first kappa shape index (κ1) is 14.8. The highest BCUT2D eigenvalue weighted by Gasteiger charge is 2.50. The van der Waals surface area contributed by atoms with Crippen LogP contribution in [-0.4, -0.2) is 30.9 Å². The molecule has 5 heteroatoms. The molecule has 0 aromatic carbocycles. The Kier molecular flexibility index (Phi) is 4.20. The van der Waals surface area contributed by atoms with Gasteiger partial charge in [0.05, 0.1) is 5.41 Å². The summed E-state index contributed by atoms with van der Waals surface area (Å²) in [4.78, 5) is 24.2. The first-order valence-corrected chi connectivity index (χ1v) is 8.43. The quantitative estimate of drug-likeness (QED) is 0.723. The first-order chi connectivity index (χ1) is 10.1. The van der Waals surface area contributed by atoms with Crippen molar-refractivity contribution in [3.8, 4) is 0 Å². The van der Waals surface area contributed by atoms with E-state index in [1.54, 1.807) is 0 Å². The molecule has 0 bridgehead atoms. The molecule has 3 fully saturated rings. The van der Waals surface area contributed by atoms with Crippen molar-refractivity contribution in [1.29, 1.82) is 0 Å². The molecule has 2 amide bonds. The minimum absolute atomic E-state index is 0.0644. The summed E-state index contributed by atoms with van der Waals surface area (Å²) in [5, 5.41) is 6.66. The molecular formula is C16H27N3O2. The monoisotopic (exact) mass is 293 g/mol. The molecule has 1 heterocycles. The van der Waals surface area contributed by atoms with Crippen molar-refractivity contribution in [1.82, 2.24) is 10.6 Å². The molecule has 4 atom stereocenters. The third-order valence-electron chi connectivity index (χ3n) is 5.90. The smallest absolute Gasteiger partial charge is 0.228 e. The van der Waals surface area contributed by atoms with Crippen molar-refractivity contribution in [2.75, 3.05) is 13.1 Å². The summed E-state index contributed by atoms with van der Waals surface area (Å²) < 4.78 is 0. The van der Waals surface area contributed by atoms with Crippen LogP contribution in [0.3, 0.4) is 0 Å². The summed E-state index contributed by atoms with van der Waals surface area (Å²) in [7, 11) is 0. The third-order valence-corrected chi connectivity index (χ3v) is 5.90. The molecule has 0 spiro atoms. The van der Waals surface area contributed by atoms with E-state index >= 15 is 0 Å². The van der Waals surface area contributed by atoms with Gasteiger partial charge in [-0.25, -0.2) is 0 Å². The number of rotatable bonds is 3. The number of fused-ring (bicyclic) bond motifs is 1. The lowest BCUT2D eigenvalue weighted by atomic mass is 9.67. The summed E-state index contributed by atoms with van der Waals surface area (Å²) in [6.07, 6.45) is 8.11. The maximum atomic E-state index is 12.9. The summed E-state index contributed by atoms with van der Waals surface area (Å²) in [6, 6.07) is 0.126. The number of nitrogens with two attached hydrogens (primary N) is 1. The highest BCUT2D eigenvalue weighted by Crippen LogP contribution is 2.44. The Balaban J connectivity index is 1.64. The van der Waals surface area contributed by atoms with Crippen LogP contribution in [0.15, 0.2) is 0 Å². The lowest BCUT2D eigenvalue weighted by Crippen LogP contribution is -2.52. The Hall–Kier alpha value is -1.10. The molecule has 118 valence electrons. The molecule has 3 rings (SSSR count). The maximum Gasteiger partial charge on any atom is 0.228 e. The fraction of sp³-hybridized carbons (Fsp3) is 0.875. The van der Waals surface area contributed by atoms with E-state index in [9.17, 15) is 9.59 Å². The standard InChI is InChI=1S/C16H27N3O2/c17-14(20)11-4-3-6-13(8-11)19-15(21)16-7-2-1-5-12(16)9-18-10-16/h11-13,18H,1-10H2,(H2,17,20)(H,19,21)/t11?,12-,13?,16+/m0/s1. The van der Waals surface area contributed by atoms with Gasteiger partial charge in [0, 0.05) is 18.5 Å². The largest absolute Gasteiger partial charge is 0.369 e. The van der Waals surface area contributed by atoms with E-state index in [0.29, 0.717) is 5.92 Å². The second kappa shape index (κ2) is 5.95. The maximum absolute atomic E-state index is 12.9. The summed E-state index contributed by atoms with van der Waals surface area (Å²) in [5.74, 6) is 0.421. The zero-order valence-electron chi connectivity index (χ0n) is 12.7. The number of amides is 2. The second-order valence-corrected chi connectivity index (χ2v) is 7.17. The van der Waals surface area contributed by atoms with Crippen molar-refractivity contribution < 1.29 is 9.59 Å². The Morgan fingerprint density at radius 2 is 2.00 bits per heavy atom. The van der Waals surface area contributed by atoms with Gasteiger partial charge >= 0.3 is 0 Å². The van der Waals surface area contributed by atoms with Gasteiger partial charge in [-0.3, -0.25) is 9.59 Å². The van der Waals surface area contributed by atoms with Crippen LogP contribution in [0.2, 0.25) is 0 Å². The van der Waals surface area contributed by atoms with Gasteiger partial charge in [-0.2, -0.15) is 0 Å². The van der Waals surface area contributed by atoms with E-state index < -0.39 is 0 Å². The number of carbonyl (C=O) groups excluding carboxylic acids is 2. The van der Waals surface area contributed by atoms with Crippen LogP contribution < -0.4 is 16.4 Å². The van der Waals surface area contributed by atoms with E-state index in [1.807, 2.05) is 0 Å². The average molecular weight is 293 g/mol. The molecule has 5 nitrogen and oxygen atoms in total. The van der Waals surface area contributed by atoms with E-state index in [1.165, 1.54) is 6.42 Å². The number of nitrogens with one attached hydrogen (secondary N) is 2. The summed E-state index contributed by atoms with van der Waals surface area (Å²) in [5.41, 5.74) is 5.23. The number of carbonyl (C=O) groups is 2. The molecule has 1 aliphatic heterocycles. The SMILES string of the molecule is NC(=O)C1CCCC(NC(=O)[C@@]23CCCC[C@H]2CNC3)C1. The van der Waals surface area contributed by atoms with Crippen molar-refractivity contribution in [2.45, 2.75) is 57.4 Å². The van der Waals surface area contributed by atoms with Gasteiger partial charge in [0.25, 0.3) is 0 Å². The minimum atomic E-state index is -0.217. The van der Waals surface area contributed by atoms with E-state index in [0.717, 1.165) is 58.0 Å². The van der Waals surface area contributed by atoms with Gasteiger partial charge in [0.1, 0.15) is 0 Å². The van der Waals surface area contributed by atoms with Crippen molar-refractivity contribution in [3.05, 3.63) is 0 Å². The van der Waals surface area contributed by atoms with Crippen molar-refractivity contribution in [2.24, 2.45) is 23.0 Å². The Bertz CT molecular complexity index is 426. The zero-order chi connectivity index (χ0) is 14.9. The lowest BCUT2D eigenvalue weighted by Gasteiger charge is -2.39. The number of primary amides is 1. The van der Waals surface area contributed by atoms with Gasteiger partial charge in [0.15, 0.2) is 0 Å². The predicted molar refractivity (Wildman–Crippen MR) is 80.3 cm³/mol. The normalized spacial score (nSPS) is 39.5. The van der Waals surface area contributed by atoms with Crippen LogP contribution in [0.5, 0.6) is 0 Å². The molecule has 0 aromatic heterocycles. The van der Waals surface area contributed by atoms with Gasteiger partial charge in [-0.15, -0.1) is 0 Å². The lowest BCUT2D eigenvalue weighted by molar-refractivity contribution is -0.135. The Morgan fingerprint density at radius 1 is 1.14 bits per heavy atom. The molecular weight excluding hydrogens is 266 g/mol. The molecule has 0 radical (unpaired) electrons. The highest BCUT2D eigenvalue weighted by atomic mass is 16.2. The van der Waals surface area contributed by atoms with E-state index in [2.05, 4.69) is 10.6 Å². The fourth-order valence-electron chi connectivity index (χ4n) is 4.60. The van der Waals surface area contributed by atoms with E-state index in [-0.39, 0.29) is 29.2 Å². The van der Waals surface area contributed by atoms with Crippen LogP contribution in [0.4, 0.5) is 0 Å². The van der Waals surface area contributed by atoms with Crippen LogP contribution >= 0.6 is 0 Å². The number of hydrogen-bond donors (Lipinski definition) is 3. The first-order valence-electron chi connectivity index (χ1n) is 8.43. The Labute approximate surface area is 126 Å². The third kappa shape index (κ3) is 2.80. The van der Waals surface area contributed by atoms with Gasteiger partial charge in [0.2, 0.25) is 11.8 Å². The number of hydrogen-bond acceptors (Lipinski definition) is 3. The molecule has 3 aliphatic rings. The van der Waals surface area contributed by atoms with Crippen molar-refractivity contribution in [3.63, 3.8) is 0 Å². The van der Waals surface area contributed by atoms with E-state index in [4.69, 9.17) is 5.73 Å². The fourth-order valence-corrected chi connectivity index (χ4v) is 4.60. The van der Waals surface area contributed by atoms with Crippen LogP contribution in [0.1, 0.15) is 51.4 Å². The molecule has 4 N–H and O–H groups in total. The van der Waals surface area contributed by atoms with Crippen LogP contribution in [0.25, 0.3) is 0 Å². The molecule has 1 saturated heterocycles. The molecule has 2 unspecified atom stereocenters. The van der Waals surface area contributed by atoms with Gasteiger partial charge in [-0.05, 0) is 44.6 Å². The van der Waals surface area contributed by atoms with Gasteiger partial charge < -0.3 is 16.4 Å². The van der Waals surface area contributed by atoms with Crippen LogP contribution in [-0.2, 0) is 9.59 Å². The highest BCUT2D eigenvalue weighted by molar-refractivity contribution is 5.84. The molecule has 0 aromatic rings. The Morgan fingerprint density at radius 3 is 2.81 bits per heavy atom. The average Bonchev–Trinajstić information content (AvgIpc) is 2.92. The second-order valence-electron chi connectivity index (χ2n) is 7.17. The molecule has 2 aliphatic carbocycles. The molecule has 2 saturated carbocycles. The predicted octanol–water partition coefficient (Wildman–Crippen LogP) is 0.926. The topological polar surface area (TPSA) is 84.2 Å². The van der Waals surface area contributed by atoms with Crippen molar-refractivity contribution >= 4 is 11.8 Å². The summed E-state index contributed by atoms with van der Waals surface area (Å²) >= 11 is 0. The summed E-state index contributed by atoms with van der Waals surface area (Å²) in [6.45, 7) is 1.79. The minimum Gasteiger partial charge on any atom is -0.369 e. The van der Waals surface area contributed by atoms with Gasteiger partial charge in [-0.1, -0.05) is 19.3 Å². The van der Waals surface area contributed by atoms with Crippen LogP contribution in [0, 0.1) is 17.3 Å². The molecule has 21 heavy (non-hydrogen) atoms.